The van der Waals surface area contributed by atoms with Gasteiger partial charge in [-0.05, 0) is 39.7 Å². The molecular formula is C13H20ClNO. The molecule has 0 spiro atoms. The minimum atomic E-state index is -0.165. The van der Waals surface area contributed by atoms with Gasteiger partial charge in [-0.3, -0.25) is 4.79 Å². The second kappa shape index (κ2) is 5.15. The quantitative estimate of drug-likeness (QED) is 0.608. The van der Waals surface area contributed by atoms with Crippen molar-refractivity contribution in [2.75, 3.05) is 0 Å². The molecule has 1 N–H and O–H groups in total. The number of nitrogens with one attached hydrogen (secondary N) is 1. The van der Waals surface area contributed by atoms with E-state index in [4.69, 9.17) is 11.6 Å². The van der Waals surface area contributed by atoms with Crippen LogP contribution in [0.1, 0.15) is 34.1 Å². The number of hydrogen-bond donors (Lipinski definition) is 1. The van der Waals surface area contributed by atoms with E-state index in [-0.39, 0.29) is 22.7 Å². The van der Waals surface area contributed by atoms with Crippen LogP contribution in [0.4, 0.5) is 0 Å². The summed E-state index contributed by atoms with van der Waals surface area (Å²) in [6.45, 7) is 8.05. The number of rotatable bonds is 3. The second-order valence-electron chi connectivity index (χ2n) is 5.25. The molecule has 90 valence electrons. The van der Waals surface area contributed by atoms with Crippen molar-refractivity contribution in [1.82, 2.24) is 5.32 Å². The Morgan fingerprint density at radius 3 is 2.69 bits per heavy atom. The van der Waals surface area contributed by atoms with Crippen molar-refractivity contribution in [2.45, 2.75) is 51.1 Å². The largest absolute Gasteiger partial charge is 0.303 e. The monoisotopic (exact) mass is 241 g/mol. The third-order valence-corrected chi connectivity index (χ3v) is 2.65. The highest BCUT2D eigenvalue weighted by Gasteiger charge is 2.22. The third-order valence-electron chi connectivity index (χ3n) is 2.38. The normalized spacial score (nSPS) is 22.8. The zero-order valence-electron chi connectivity index (χ0n) is 10.4. The van der Waals surface area contributed by atoms with E-state index in [0.717, 1.165) is 5.57 Å². The molecule has 0 aromatic carbocycles. The molecule has 2 nitrogen and oxygen atoms in total. The first-order valence-electron chi connectivity index (χ1n) is 5.63. The van der Waals surface area contributed by atoms with Gasteiger partial charge in [0.05, 0.1) is 11.4 Å². The Morgan fingerprint density at radius 1 is 1.56 bits per heavy atom. The van der Waals surface area contributed by atoms with E-state index in [1.54, 1.807) is 0 Å². The van der Waals surface area contributed by atoms with Gasteiger partial charge < -0.3 is 5.32 Å². The van der Waals surface area contributed by atoms with Gasteiger partial charge >= 0.3 is 0 Å². The molecule has 2 atom stereocenters. The van der Waals surface area contributed by atoms with Crippen molar-refractivity contribution >= 4 is 17.4 Å². The number of allylic oxidation sites excluding steroid dienone is 3. The van der Waals surface area contributed by atoms with E-state index in [1.165, 1.54) is 0 Å². The molecular weight excluding hydrogens is 222 g/mol. The minimum Gasteiger partial charge on any atom is -0.303 e. The molecule has 0 aromatic rings. The van der Waals surface area contributed by atoms with Gasteiger partial charge in [-0.1, -0.05) is 18.2 Å². The van der Waals surface area contributed by atoms with Gasteiger partial charge in [0.2, 0.25) is 0 Å². The molecule has 3 heteroatoms. The van der Waals surface area contributed by atoms with Crippen LogP contribution < -0.4 is 5.32 Å². The van der Waals surface area contributed by atoms with Crippen molar-refractivity contribution in [3.63, 3.8) is 0 Å². The lowest BCUT2D eigenvalue weighted by Gasteiger charge is -2.26. The summed E-state index contributed by atoms with van der Waals surface area (Å²) in [4.78, 5) is 12.1. The summed E-state index contributed by atoms with van der Waals surface area (Å²) in [5, 5.41) is 3.13. The first kappa shape index (κ1) is 13.5. The number of halogens is 1. The van der Waals surface area contributed by atoms with Crippen LogP contribution in [0.25, 0.3) is 0 Å². The maximum Gasteiger partial charge on any atom is 0.175 e. The van der Waals surface area contributed by atoms with Crippen molar-refractivity contribution < 1.29 is 4.79 Å². The van der Waals surface area contributed by atoms with E-state index in [9.17, 15) is 4.79 Å². The van der Waals surface area contributed by atoms with Gasteiger partial charge in [0.1, 0.15) is 0 Å². The summed E-state index contributed by atoms with van der Waals surface area (Å²) < 4.78 is 0. The van der Waals surface area contributed by atoms with E-state index in [0.29, 0.717) is 6.42 Å². The lowest BCUT2D eigenvalue weighted by molar-refractivity contribution is -0.117. The Balaban J connectivity index is 2.64. The Morgan fingerprint density at radius 2 is 2.19 bits per heavy atom. The van der Waals surface area contributed by atoms with Crippen LogP contribution in [0.3, 0.4) is 0 Å². The highest BCUT2D eigenvalue weighted by molar-refractivity contribution is 6.23. The molecule has 0 aromatic heterocycles. The van der Waals surface area contributed by atoms with Crippen LogP contribution >= 0.6 is 11.6 Å². The van der Waals surface area contributed by atoms with Crippen LogP contribution in [0, 0.1) is 0 Å². The fraction of sp³-hybridized carbons (Fsp3) is 0.615. The zero-order valence-corrected chi connectivity index (χ0v) is 11.1. The summed E-state index contributed by atoms with van der Waals surface area (Å²) in [5.41, 5.74) is 0.757. The van der Waals surface area contributed by atoms with Crippen molar-refractivity contribution in [2.24, 2.45) is 0 Å². The Hall–Kier alpha value is -0.600. The van der Waals surface area contributed by atoms with Gasteiger partial charge in [-0.15, -0.1) is 11.6 Å². The maximum atomic E-state index is 12.1. The first-order valence-corrected chi connectivity index (χ1v) is 6.06. The maximum absolute atomic E-state index is 12.1. The lowest BCUT2D eigenvalue weighted by Crippen LogP contribution is -2.46. The summed E-state index contributed by atoms with van der Waals surface area (Å²) in [6, 6.07) is -0.165. The summed E-state index contributed by atoms with van der Waals surface area (Å²) in [5.74, 6) is 0.143. The average Bonchev–Trinajstić information content (AvgIpc) is 2.14. The molecule has 0 amide bonds. The fourth-order valence-corrected chi connectivity index (χ4v) is 2.07. The van der Waals surface area contributed by atoms with Crippen LogP contribution in [-0.4, -0.2) is 22.7 Å². The van der Waals surface area contributed by atoms with Crippen molar-refractivity contribution in [3.05, 3.63) is 23.8 Å². The molecule has 1 aliphatic rings. The Kier molecular flexibility index (Phi) is 4.34. The molecule has 16 heavy (non-hydrogen) atoms. The summed E-state index contributed by atoms with van der Waals surface area (Å²) >= 11 is 5.96. The molecule has 0 saturated heterocycles. The summed E-state index contributed by atoms with van der Waals surface area (Å²) in [7, 11) is 0. The molecule has 0 radical (unpaired) electrons. The summed E-state index contributed by atoms with van der Waals surface area (Å²) in [6.07, 6.45) is 6.39. The third kappa shape index (κ3) is 4.11. The molecule has 0 heterocycles. The van der Waals surface area contributed by atoms with Gasteiger partial charge in [0.15, 0.2) is 5.78 Å². The van der Waals surface area contributed by atoms with E-state index < -0.39 is 0 Å². The van der Waals surface area contributed by atoms with E-state index in [2.05, 4.69) is 26.1 Å². The minimum absolute atomic E-state index is 0.0551. The number of hydrogen-bond acceptors (Lipinski definition) is 2. The number of Topliss-reactive ketones (excluding diaryl/α,β-unsaturated/α-hetero) is 1. The van der Waals surface area contributed by atoms with Crippen LogP contribution in [0.2, 0.25) is 0 Å². The first-order chi connectivity index (χ1) is 7.29. The van der Waals surface area contributed by atoms with E-state index in [1.807, 2.05) is 25.2 Å². The zero-order chi connectivity index (χ0) is 12.3. The lowest BCUT2D eigenvalue weighted by atomic mass is 9.96. The molecule has 1 unspecified atom stereocenters. The predicted molar refractivity (Wildman–Crippen MR) is 68.8 cm³/mol. The molecule has 0 fully saturated rings. The molecule has 1 aliphatic carbocycles. The van der Waals surface area contributed by atoms with E-state index >= 15 is 0 Å². The fourth-order valence-electron chi connectivity index (χ4n) is 1.82. The highest BCUT2D eigenvalue weighted by atomic mass is 35.5. The molecule has 0 bridgehead atoms. The predicted octanol–water partition coefficient (Wildman–Crippen LogP) is 2.83. The SMILES string of the molecule is C[C@H](NC(C)(C)C)C(=O)C1=CC(Cl)C=CC1. The van der Waals surface area contributed by atoms with Crippen LogP contribution in [0.5, 0.6) is 0 Å². The van der Waals surface area contributed by atoms with Gasteiger partial charge in [-0.2, -0.15) is 0 Å². The molecule has 0 aliphatic heterocycles. The van der Waals surface area contributed by atoms with Crippen molar-refractivity contribution in [1.29, 1.82) is 0 Å². The topological polar surface area (TPSA) is 29.1 Å². The molecule has 0 saturated carbocycles. The molecule has 1 rings (SSSR count). The highest BCUT2D eigenvalue weighted by Crippen LogP contribution is 2.18. The van der Waals surface area contributed by atoms with Gasteiger partial charge in [0.25, 0.3) is 0 Å². The van der Waals surface area contributed by atoms with Gasteiger partial charge in [-0.25, -0.2) is 0 Å². The number of carbonyl (C=O) groups is 1. The standard InChI is InChI=1S/C13H20ClNO/c1-9(15-13(2,3)4)12(16)10-6-5-7-11(14)8-10/h5,7-9,11,15H,6H2,1-4H3/t9-,11?/m0/s1. The van der Waals surface area contributed by atoms with Gasteiger partial charge in [0, 0.05) is 5.54 Å². The average molecular weight is 242 g/mol. The van der Waals surface area contributed by atoms with Crippen molar-refractivity contribution in [3.8, 4) is 0 Å². The second-order valence-corrected chi connectivity index (χ2v) is 5.75. The number of carbonyl (C=O) groups excluding carboxylic acids is 1. The van der Waals surface area contributed by atoms with Crippen LogP contribution in [-0.2, 0) is 4.79 Å². The Labute approximate surface area is 103 Å². The van der Waals surface area contributed by atoms with Crippen LogP contribution in [0.15, 0.2) is 23.8 Å². The number of alkyl halides is 1. The Bertz CT molecular complexity index is 325. The smallest absolute Gasteiger partial charge is 0.175 e. The number of ketones is 1.